The van der Waals surface area contributed by atoms with Gasteiger partial charge in [0, 0.05) is 7.11 Å². The van der Waals surface area contributed by atoms with Gasteiger partial charge in [-0.15, -0.1) is 5.10 Å². The van der Waals surface area contributed by atoms with Crippen LogP contribution in [0.25, 0.3) is 0 Å². The van der Waals surface area contributed by atoms with Gasteiger partial charge in [-0.25, -0.2) is 4.68 Å². The molecule has 0 bridgehead atoms. The highest BCUT2D eigenvalue weighted by atomic mass is 16.5. The fourth-order valence-electron chi connectivity index (χ4n) is 1.12. The van der Waals surface area contributed by atoms with Gasteiger partial charge in [-0.2, -0.15) is 0 Å². The van der Waals surface area contributed by atoms with Gasteiger partial charge in [0.25, 0.3) is 0 Å². The van der Waals surface area contributed by atoms with Crippen molar-refractivity contribution in [1.29, 1.82) is 0 Å². The van der Waals surface area contributed by atoms with E-state index in [0.29, 0.717) is 18.5 Å². The summed E-state index contributed by atoms with van der Waals surface area (Å²) in [5.41, 5.74) is 0.843. The number of carbonyl (C=O) groups excluding carboxylic acids is 1. The second kappa shape index (κ2) is 4.83. The number of nitrogens with zero attached hydrogens (tertiary/aromatic N) is 3. The Morgan fingerprint density at radius 1 is 1.71 bits per heavy atom. The number of rotatable bonds is 5. The van der Waals surface area contributed by atoms with Crippen LogP contribution in [-0.4, -0.2) is 39.6 Å². The van der Waals surface area contributed by atoms with Crippen LogP contribution in [0.2, 0.25) is 0 Å². The predicted octanol–water partition coefficient (Wildman–Crippen LogP) is -0.382. The van der Waals surface area contributed by atoms with E-state index in [0.717, 1.165) is 0 Å². The minimum absolute atomic E-state index is 0.257. The Balaban J connectivity index is 2.91. The van der Waals surface area contributed by atoms with E-state index in [1.807, 2.05) is 0 Å². The van der Waals surface area contributed by atoms with Crippen LogP contribution in [-0.2, 0) is 17.9 Å². The number of ether oxygens (including phenoxy) is 1. The molecule has 1 rings (SSSR count). The van der Waals surface area contributed by atoms with Crippen LogP contribution in [0.5, 0.6) is 0 Å². The molecule has 78 valence electrons. The third kappa shape index (κ3) is 2.36. The quantitative estimate of drug-likeness (QED) is 0.654. The van der Waals surface area contributed by atoms with Gasteiger partial charge in [-0.1, -0.05) is 5.21 Å². The van der Waals surface area contributed by atoms with Crippen molar-refractivity contribution >= 4 is 6.29 Å². The molecule has 0 radical (unpaired) electrons. The van der Waals surface area contributed by atoms with Crippen molar-refractivity contribution in [3.8, 4) is 0 Å². The Morgan fingerprint density at radius 3 is 2.93 bits per heavy atom. The van der Waals surface area contributed by atoms with E-state index < -0.39 is 6.10 Å². The number of aromatic nitrogens is 3. The number of methoxy groups -OCH3 is 1. The van der Waals surface area contributed by atoms with E-state index in [9.17, 15) is 4.79 Å². The van der Waals surface area contributed by atoms with Gasteiger partial charge in [0.15, 0.2) is 12.0 Å². The zero-order valence-corrected chi connectivity index (χ0v) is 8.17. The Morgan fingerprint density at radius 2 is 2.43 bits per heavy atom. The maximum atomic E-state index is 10.6. The molecule has 0 fully saturated rings. The van der Waals surface area contributed by atoms with Crippen molar-refractivity contribution in [2.75, 3.05) is 7.11 Å². The van der Waals surface area contributed by atoms with Crippen molar-refractivity contribution in [2.24, 2.45) is 0 Å². The van der Waals surface area contributed by atoms with Gasteiger partial charge in [0.2, 0.25) is 0 Å². The Hall–Kier alpha value is -1.27. The first-order valence-electron chi connectivity index (χ1n) is 4.23. The number of aldehydes is 1. The lowest BCUT2D eigenvalue weighted by Crippen LogP contribution is -2.16. The average molecular weight is 199 g/mol. The molecule has 14 heavy (non-hydrogen) atoms. The fourth-order valence-corrected chi connectivity index (χ4v) is 1.12. The van der Waals surface area contributed by atoms with E-state index in [2.05, 4.69) is 10.3 Å². The van der Waals surface area contributed by atoms with E-state index in [1.165, 1.54) is 11.8 Å². The molecule has 0 saturated heterocycles. The first kappa shape index (κ1) is 10.8. The maximum Gasteiger partial charge on any atom is 0.172 e. The summed E-state index contributed by atoms with van der Waals surface area (Å²) in [6.45, 7) is 2.20. The first-order chi connectivity index (χ1) is 6.69. The highest BCUT2D eigenvalue weighted by Gasteiger charge is 2.12. The molecule has 0 amide bonds. The van der Waals surface area contributed by atoms with Crippen LogP contribution >= 0.6 is 0 Å². The normalized spacial score (nSPS) is 12.8. The Kier molecular flexibility index (Phi) is 3.73. The van der Waals surface area contributed by atoms with Crippen molar-refractivity contribution < 1.29 is 14.6 Å². The molecule has 6 nitrogen and oxygen atoms in total. The largest absolute Gasteiger partial charge is 0.391 e. The molecule has 0 aromatic carbocycles. The molecule has 0 aliphatic carbocycles. The number of aliphatic hydroxyl groups excluding tert-OH is 1. The second-order valence-electron chi connectivity index (χ2n) is 3.00. The Bertz CT molecular complexity index is 309. The van der Waals surface area contributed by atoms with E-state index in [4.69, 9.17) is 9.84 Å². The van der Waals surface area contributed by atoms with Crippen LogP contribution < -0.4 is 0 Å². The predicted molar refractivity (Wildman–Crippen MR) is 47.8 cm³/mol. The van der Waals surface area contributed by atoms with E-state index >= 15 is 0 Å². The molecule has 0 aliphatic heterocycles. The highest BCUT2D eigenvalue weighted by molar-refractivity contribution is 5.73. The molecular formula is C8H13N3O3. The van der Waals surface area contributed by atoms with Crippen LogP contribution in [0.15, 0.2) is 0 Å². The molecule has 0 aliphatic rings. The lowest BCUT2D eigenvalue weighted by molar-refractivity contribution is 0.111. The average Bonchev–Trinajstić information content (AvgIpc) is 2.48. The molecule has 1 atom stereocenters. The molecule has 0 saturated carbocycles. The summed E-state index contributed by atoms with van der Waals surface area (Å²) in [4.78, 5) is 10.6. The molecule has 1 heterocycles. The van der Waals surface area contributed by atoms with Crippen LogP contribution in [0.4, 0.5) is 0 Å². The molecule has 1 N–H and O–H groups in total. The lowest BCUT2D eigenvalue weighted by Gasteiger charge is -2.07. The summed E-state index contributed by atoms with van der Waals surface area (Å²) in [5.74, 6) is 0. The van der Waals surface area contributed by atoms with E-state index in [-0.39, 0.29) is 12.3 Å². The first-order valence-corrected chi connectivity index (χ1v) is 4.23. The molecule has 6 heteroatoms. The van der Waals surface area contributed by atoms with Gasteiger partial charge in [-0.05, 0) is 6.92 Å². The monoisotopic (exact) mass is 199 g/mol. The fraction of sp³-hybridized carbons (Fsp3) is 0.625. The number of aliphatic hydroxyl groups is 1. The number of hydrogen-bond donors (Lipinski definition) is 1. The second-order valence-corrected chi connectivity index (χ2v) is 3.00. The highest BCUT2D eigenvalue weighted by Crippen LogP contribution is 2.05. The summed E-state index contributed by atoms with van der Waals surface area (Å²) in [6.07, 6.45) is 0.0895. The molecule has 1 aromatic heterocycles. The lowest BCUT2D eigenvalue weighted by atomic mass is 10.3. The third-order valence-electron chi connectivity index (χ3n) is 1.70. The summed E-state index contributed by atoms with van der Waals surface area (Å²) in [5, 5.41) is 16.6. The maximum absolute atomic E-state index is 10.6. The zero-order valence-electron chi connectivity index (χ0n) is 8.17. The van der Waals surface area contributed by atoms with Crippen molar-refractivity contribution in [2.45, 2.75) is 26.2 Å². The SMILES string of the molecule is COCc1c(C=O)nnn1CC(C)O. The van der Waals surface area contributed by atoms with Crippen molar-refractivity contribution in [3.05, 3.63) is 11.4 Å². The number of carbonyl (C=O) groups is 1. The van der Waals surface area contributed by atoms with Crippen molar-refractivity contribution in [1.82, 2.24) is 15.0 Å². The summed E-state index contributed by atoms with van der Waals surface area (Å²) in [7, 11) is 1.52. The summed E-state index contributed by atoms with van der Waals surface area (Å²) < 4.78 is 6.38. The summed E-state index contributed by atoms with van der Waals surface area (Å²) >= 11 is 0. The smallest absolute Gasteiger partial charge is 0.172 e. The summed E-state index contributed by atoms with van der Waals surface area (Å²) in [6, 6.07) is 0. The third-order valence-corrected chi connectivity index (χ3v) is 1.70. The van der Waals surface area contributed by atoms with Gasteiger partial charge >= 0.3 is 0 Å². The molecule has 1 unspecified atom stereocenters. The molecule has 0 spiro atoms. The van der Waals surface area contributed by atoms with Gasteiger partial charge < -0.3 is 9.84 Å². The number of hydrogen-bond acceptors (Lipinski definition) is 5. The minimum atomic E-state index is -0.535. The Labute approximate surface area is 81.5 Å². The zero-order chi connectivity index (χ0) is 10.6. The standard InChI is InChI=1S/C8H13N3O3/c1-6(13)3-11-8(5-14-2)7(4-12)9-10-11/h4,6,13H,3,5H2,1-2H3. The van der Waals surface area contributed by atoms with Crippen molar-refractivity contribution in [3.63, 3.8) is 0 Å². The van der Waals surface area contributed by atoms with Gasteiger partial charge in [0.05, 0.1) is 24.9 Å². The van der Waals surface area contributed by atoms with Crippen LogP contribution in [0, 0.1) is 0 Å². The van der Waals surface area contributed by atoms with Crippen LogP contribution in [0.1, 0.15) is 23.1 Å². The topological polar surface area (TPSA) is 77.2 Å². The van der Waals surface area contributed by atoms with Gasteiger partial charge in [0.1, 0.15) is 0 Å². The van der Waals surface area contributed by atoms with Crippen LogP contribution in [0.3, 0.4) is 0 Å². The van der Waals surface area contributed by atoms with Gasteiger partial charge in [-0.3, -0.25) is 4.79 Å². The van der Waals surface area contributed by atoms with E-state index in [1.54, 1.807) is 6.92 Å². The molecular weight excluding hydrogens is 186 g/mol. The molecule has 1 aromatic rings. The minimum Gasteiger partial charge on any atom is -0.391 e.